The topological polar surface area (TPSA) is 108 Å². The van der Waals surface area contributed by atoms with Crippen LogP contribution in [0.4, 0.5) is 0 Å². The van der Waals surface area contributed by atoms with Gasteiger partial charge in [-0.05, 0) is 19.3 Å². The molecule has 0 aromatic rings. The van der Waals surface area contributed by atoms with Crippen molar-refractivity contribution in [2.24, 2.45) is 23.7 Å². The Kier molecular flexibility index (Phi) is 8.45. The molecule has 2 saturated heterocycles. The third-order valence-corrected chi connectivity index (χ3v) is 6.49. The average molecular weight is 438 g/mol. The predicted molar refractivity (Wildman–Crippen MR) is 113 cm³/mol. The van der Waals surface area contributed by atoms with Gasteiger partial charge in [0.05, 0.1) is 31.7 Å². The van der Waals surface area contributed by atoms with Crippen LogP contribution in [0.3, 0.4) is 0 Å². The molecule has 5 atom stereocenters. The number of morpholine rings is 1. The molecular weight excluding hydrogens is 402 g/mol. The van der Waals surface area contributed by atoms with E-state index in [1.54, 1.807) is 11.8 Å². The summed E-state index contributed by atoms with van der Waals surface area (Å²) in [6, 6.07) is -0.686. The molecule has 2 N–H and O–H groups in total. The number of amides is 2. The van der Waals surface area contributed by atoms with Crippen molar-refractivity contribution in [2.45, 2.75) is 26.3 Å². The van der Waals surface area contributed by atoms with Crippen LogP contribution in [0.1, 0.15) is 20.3 Å². The Balaban J connectivity index is 1.74. The summed E-state index contributed by atoms with van der Waals surface area (Å²) < 4.78 is 10.6. The van der Waals surface area contributed by atoms with Crippen molar-refractivity contribution in [3.05, 3.63) is 12.2 Å². The van der Waals surface area contributed by atoms with Gasteiger partial charge in [-0.1, -0.05) is 19.1 Å². The first-order valence-corrected chi connectivity index (χ1v) is 11.3. The highest BCUT2D eigenvalue weighted by atomic mass is 16.5. The second-order valence-corrected chi connectivity index (χ2v) is 8.42. The van der Waals surface area contributed by atoms with Crippen LogP contribution in [0.15, 0.2) is 12.2 Å². The van der Waals surface area contributed by atoms with Gasteiger partial charge in [0.2, 0.25) is 11.8 Å². The monoisotopic (exact) mass is 437 g/mol. The van der Waals surface area contributed by atoms with Gasteiger partial charge in [-0.3, -0.25) is 19.3 Å². The Hall–Kier alpha value is -1.97. The molecule has 9 heteroatoms. The first-order valence-electron chi connectivity index (χ1n) is 11.3. The summed E-state index contributed by atoms with van der Waals surface area (Å²) in [5, 5.41) is 12.3. The third kappa shape index (κ3) is 5.27. The molecule has 2 aliphatic heterocycles. The Morgan fingerprint density at radius 1 is 1.26 bits per heavy atom. The molecule has 0 spiro atoms. The molecule has 0 bridgehead atoms. The highest BCUT2D eigenvalue weighted by molar-refractivity contribution is 5.96. The molecule has 0 saturated carbocycles. The summed E-state index contributed by atoms with van der Waals surface area (Å²) in [5.74, 6) is -2.57. The average Bonchev–Trinajstić information content (AvgIpc) is 3.04. The Morgan fingerprint density at radius 3 is 2.68 bits per heavy atom. The van der Waals surface area contributed by atoms with Gasteiger partial charge < -0.3 is 24.8 Å². The molecule has 2 fully saturated rings. The normalized spacial score (nSPS) is 30.9. The van der Waals surface area contributed by atoms with Gasteiger partial charge in [0, 0.05) is 45.2 Å². The van der Waals surface area contributed by atoms with Crippen LogP contribution in [0.25, 0.3) is 0 Å². The van der Waals surface area contributed by atoms with E-state index in [9.17, 15) is 19.5 Å². The van der Waals surface area contributed by atoms with Crippen LogP contribution in [0.2, 0.25) is 0 Å². The van der Waals surface area contributed by atoms with Crippen molar-refractivity contribution in [1.29, 1.82) is 0 Å². The zero-order valence-electron chi connectivity index (χ0n) is 18.5. The summed E-state index contributed by atoms with van der Waals surface area (Å²) in [4.78, 5) is 43.0. The molecule has 3 aliphatic rings. The maximum Gasteiger partial charge on any atom is 0.310 e. The number of aliphatic hydroxyl groups is 1. The Labute approximate surface area is 183 Å². The highest BCUT2D eigenvalue weighted by Crippen LogP contribution is 2.44. The van der Waals surface area contributed by atoms with Gasteiger partial charge in [0.25, 0.3) is 0 Å². The van der Waals surface area contributed by atoms with Gasteiger partial charge in [-0.2, -0.15) is 0 Å². The molecule has 3 rings (SSSR count). The van der Waals surface area contributed by atoms with E-state index < -0.39 is 23.8 Å². The highest BCUT2D eigenvalue weighted by Gasteiger charge is 2.56. The summed E-state index contributed by atoms with van der Waals surface area (Å²) in [6.45, 7) is 8.37. The molecule has 0 aromatic carbocycles. The summed E-state index contributed by atoms with van der Waals surface area (Å²) in [7, 11) is 0. The molecule has 31 heavy (non-hydrogen) atoms. The van der Waals surface area contributed by atoms with Crippen LogP contribution in [0.5, 0.6) is 0 Å². The van der Waals surface area contributed by atoms with Gasteiger partial charge in [-0.15, -0.1) is 0 Å². The number of hydrogen-bond donors (Lipinski definition) is 2. The van der Waals surface area contributed by atoms with Crippen molar-refractivity contribution < 1.29 is 29.0 Å². The molecule has 9 nitrogen and oxygen atoms in total. The predicted octanol–water partition coefficient (Wildman–Crippen LogP) is -0.354. The Morgan fingerprint density at radius 2 is 2.00 bits per heavy atom. The molecule has 0 radical (unpaired) electrons. The number of carbonyl (C=O) groups excluding carboxylic acids is 3. The van der Waals surface area contributed by atoms with E-state index in [1.165, 1.54) is 0 Å². The number of allylic oxidation sites excluding steroid dienone is 1. The lowest BCUT2D eigenvalue weighted by atomic mass is 9.70. The van der Waals surface area contributed by atoms with Crippen molar-refractivity contribution in [3.63, 3.8) is 0 Å². The number of ether oxygens (including phenoxy) is 2. The summed E-state index contributed by atoms with van der Waals surface area (Å²) in [5.41, 5.74) is 0. The molecule has 0 unspecified atom stereocenters. The number of fused-ring (bicyclic) bond motifs is 1. The van der Waals surface area contributed by atoms with Gasteiger partial charge in [0.15, 0.2) is 0 Å². The lowest BCUT2D eigenvalue weighted by molar-refractivity contribution is -0.155. The van der Waals surface area contributed by atoms with Crippen molar-refractivity contribution in [2.75, 3.05) is 59.2 Å². The standard InChI is InChI=1S/C22H35N3O6/c1-3-31-22(29)17-15(2)5-6-16-18(17)21(28)25(8-4-12-26)19(16)20(27)23-7-9-24-10-13-30-14-11-24/h5-6,15-19,26H,3-4,7-14H2,1-2H3,(H,23,27)/t15-,16+,17-,18+,19+/m1/s1. The molecule has 0 aromatic heterocycles. The first kappa shape index (κ1) is 23.7. The maximum atomic E-state index is 13.3. The largest absolute Gasteiger partial charge is 0.466 e. The van der Waals surface area contributed by atoms with E-state index in [1.807, 2.05) is 19.1 Å². The van der Waals surface area contributed by atoms with Gasteiger partial charge >= 0.3 is 5.97 Å². The number of nitrogens with zero attached hydrogens (tertiary/aromatic N) is 2. The van der Waals surface area contributed by atoms with Crippen LogP contribution < -0.4 is 5.32 Å². The number of aliphatic hydroxyl groups excluding tert-OH is 1. The molecule has 1 aliphatic carbocycles. The van der Waals surface area contributed by atoms with Crippen LogP contribution in [-0.2, 0) is 23.9 Å². The number of esters is 1. The number of rotatable bonds is 9. The first-order chi connectivity index (χ1) is 15.0. The van der Waals surface area contributed by atoms with E-state index in [0.29, 0.717) is 26.2 Å². The van der Waals surface area contributed by atoms with Crippen LogP contribution in [0, 0.1) is 23.7 Å². The second kappa shape index (κ2) is 11.1. The number of likely N-dealkylation sites (tertiary alicyclic amines) is 1. The van der Waals surface area contributed by atoms with Crippen molar-refractivity contribution >= 4 is 17.8 Å². The molecular formula is C22H35N3O6. The minimum atomic E-state index is -0.686. The van der Waals surface area contributed by atoms with E-state index >= 15 is 0 Å². The number of hydrogen-bond acceptors (Lipinski definition) is 7. The smallest absolute Gasteiger partial charge is 0.310 e. The Bertz CT molecular complexity index is 678. The van der Waals surface area contributed by atoms with Crippen molar-refractivity contribution in [1.82, 2.24) is 15.1 Å². The van der Waals surface area contributed by atoms with E-state index in [0.717, 1.165) is 19.6 Å². The lowest BCUT2D eigenvalue weighted by Gasteiger charge is -2.32. The van der Waals surface area contributed by atoms with Crippen LogP contribution >= 0.6 is 0 Å². The van der Waals surface area contributed by atoms with Crippen LogP contribution in [-0.4, -0.2) is 97.9 Å². The molecule has 2 heterocycles. The van der Waals surface area contributed by atoms with Gasteiger partial charge in [-0.25, -0.2) is 0 Å². The maximum absolute atomic E-state index is 13.3. The SMILES string of the molecule is CCOC(=O)[C@H]1[C@H]2C(=O)N(CCCO)[C@H](C(=O)NCCN3CCOCC3)[C@H]2C=C[C@H]1C. The van der Waals surface area contributed by atoms with E-state index in [-0.39, 0.29) is 43.4 Å². The molecule has 174 valence electrons. The fourth-order valence-electron chi connectivity index (χ4n) is 4.94. The minimum Gasteiger partial charge on any atom is -0.466 e. The second-order valence-electron chi connectivity index (χ2n) is 8.42. The van der Waals surface area contributed by atoms with Gasteiger partial charge in [0.1, 0.15) is 6.04 Å². The third-order valence-electron chi connectivity index (χ3n) is 6.49. The number of nitrogens with one attached hydrogen (secondary N) is 1. The summed E-state index contributed by atoms with van der Waals surface area (Å²) in [6.07, 6.45) is 4.21. The lowest BCUT2D eigenvalue weighted by Crippen LogP contribution is -2.49. The minimum absolute atomic E-state index is 0.0714. The fraction of sp³-hybridized carbons (Fsp3) is 0.773. The zero-order chi connectivity index (χ0) is 22.4. The molecule has 2 amide bonds. The van der Waals surface area contributed by atoms with E-state index in [4.69, 9.17) is 9.47 Å². The van der Waals surface area contributed by atoms with E-state index in [2.05, 4.69) is 10.2 Å². The van der Waals surface area contributed by atoms with Crippen molar-refractivity contribution in [3.8, 4) is 0 Å². The zero-order valence-corrected chi connectivity index (χ0v) is 18.5. The quantitative estimate of drug-likeness (QED) is 0.375. The summed E-state index contributed by atoms with van der Waals surface area (Å²) >= 11 is 0. The number of carbonyl (C=O) groups is 3. The fourth-order valence-corrected chi connectivity index (χ4v) is 4.94.